The van der Waals surface area contributed by atoms with Crippen molar-refractivity contribution < 1.29 is 18.7 Å². The van der Waals surface area contributed by atoms with E-state index in [1.165, 1.54) is 25.3 Å². The van der Waals surface area contributed by atoms with Crippen LogP contribution in [0.2, 0.25) is 0 Å². The second-order valence-corrected chi connectivity index (χ2v) is 3.87. The van der Waals surface area contributed by atoms with Gasteiger partial charge in [0.1, 0.15) is 11.6 Å². The number of nitrogens with one attached hydrogen (secondary N) is 1. The Labute approximate surface area is 104 Å². The van der Waals surface area contributed by atoms with E-state index in [0.29, 0.717) is 37.7 Å². The molecule has 1 saturated heterocycles. The number of halogens is 1. The number of methoxy groups -OCH3 is 1. The van der Waals surface area contributed by atoms with E-state index in [-0.39, 0.29) is 6.03 Å². The van der Waals surface area contributed by atoms with E-state index in [1.807, 2.05) is 0 Å². The molecule has 0 aromatic heterocycles. The van der Waals surface area contributed by atoms with Crippen molar-refractivity contribution in [1.82, 2.24) is 4.90 Å². The Morgan fingerprint density at radius 1 is 1.44 bits per heavy atom. The fourth-order valence-electron chi connectivity index (χ4n) is 1.73. The molecule has 0 radical (unpaired) electrons. The summed E-state index contributed by atoms with van der Waals surface area (Å²) in [7, 11) is 1.43. The van der Waals surface area contributed by atoms with Crippen molar-refractivity contribution in [3.8, 4) is 5.75 Å². The molecule has 98 valence electrons. The fraction of sp³-hybridized carbons (Fsp3) is 0.417. The summed E-state index contributed by atoms with van der Waals surface area (Å²) in [6.45, 7) is 2.17. The van der Waals surface area contributed by atoms with Crippen LogP contribution in [0.1, 0.15) is 0 Å². The standard InChI is InChI=1S/C12H15FN2O3/c1-17-11-8-9(13)2-3-10(11)14-12(16)15-4-6-18-7-5-15/h2-3,8H,4-7H2,1H3,(H,14,16). The molecule has 1 aromatic rings. The molecule has 1 aliphatic heterocycles. The Hall–Kier alpha value is -1.82. The number of morpholine rings is 1. The van der Waals surface area contributed by atoms with E-state index in [4.69, 9.17) is 9.47 Å². The first-order chi connectivity index (χ1) is 8.70. The van der Waals surface area contributed by atoms with Crippen molar-refractivity contribution in [2.75, 3.05) is 38.7 Å². The van der Waals surface area contributed by atoms with E-state index >= 15 is 0 Å². The molecule has 0 spiro atoms. The minimum Gasteiger partial charge on any atom is -0.494 e. The van der Waals surface area contributed by atoms with Crippen LogP contribution in [0.3, 0.4) is 0 Å². The highest BCUT2D eigenvalue weighted by Gasteiger charge is 2.18. The quantitative estimate of drug-likeness (QED) is 0.874. The number of hydrogen-bond donors (Lipinski definition) is 1. The van der Waals surface area contributed by atoms with Gasteiger partial charge in [-0.1, -0.05) is 0 Å². The van der Waals surface area contributed by atoms with Crippen molar-refractivity contribution in [2.45, 2.75) is 0 Å². The predicted molar refractivity (Wildman–Crippen MR) is 64.4 cm³/mol. The number of ether oxygens (including phenoxy) is 2. The van der Waals surface area contributed by atoms with E-state index < -0.39 is 5.82 Å². The minimum atomic E-state index is -0.406. The zero-order valence-corrected chi connectivity index (χ0v) is 10.1. The number of urea groups is 1. The lowest BCUT2D eigenvalue weighted by molar-refractivity contribution is 0.0564. The fourth-order valence-corrected chi connectivity index (χ4v) is 1.73. The number of benzene rings is 1. The second-order valence-electron chi connectivity index (χ2n) is 3.87. The maximum Gasteiger partial charge on any atom is 0.322 e. The number of rotatable bonds is 2. The topological polar surface area (TPSA) is 50.8 Å². The Morgan fingerprint density at radius 2 is 2.17 bits per heavy atom. The van der Waals surface area contributed by atoms with Crippen molar-refractivity contribution in [2.24, 2.45) is 0 Å². The first kappa shape index (κ1) is 12.6. The predicted octanol–water partition coefficient (Wildman–Crippen LogP) is 1.70. The summed E-state index contributed by atoms with van der Waals surface area (Å²) in [6, 6.07) is 3.75. The zero-order chi connectivity index (χ0) is 13.0. The van der Waals surface area contributed by atoms with Gasteiger partial charge in [0.15, 0.2) is 0 Å². The number of anilines is 1. The van der Waals surface area contributed by atoms with Gasteiger partial charge in [-0.3, -0.25) is 0 Å². The van der Waals surface area contributed by atoms with E-state index in [9.17, 15) is 9.18 Å². The third kappa shape index (κ3) is 2.89. The summed E-state index contributed by atoms with van der Waals surface area (Å²) in [5.74, 6) is -0.104. The highest BCUT2D eigenvalue weighted by Crippen LogP contribution is 2.25. The van der Waals surface area contributed by atoms with Crippen LogP contribution in [0, 0.1) is 5.82 Å². The summed E-state index contributed by atoms with van der Waals surface area (Å²) < 4.78 is 23.2. The average Bonchev–Trinajstić information content (AvgIpc) is 2.41. The highest BCUT2D eigenvalue weighted by molar-refractivity contribution is 5.91. The van der Waals surface area contributed by atoms with Crippen LogP contribution >= 0.6 is 0 Å². The molecule has 5 nitrogen and oxygen atoms in total. The molecule has 1 aromatic carbocycles. The van der Waals surface area contributed by atoms with Gasteiger partial charge in [-0.25, -0.2) is 9.18 Å². The third-order valence-corrected chi connectivity index (χ3v) is 2.70. The van der Waals surface area contributed by atoms with Gasteiger partial charge >= 0.3 is 6.03 Å². The average molecular weight is 254 g/mol. The molecule has 0 aliphatic carbocycles. The molecule has 0 saturated carbocycles. The third-order valence-electron chi connectivity index (χ3n) is 2.70. The Balaban J connectivity index is 2.06. The Kier molecular flexibility index (Phi) is 3.99. The molecule has 0 atom stereocenters. The monoisotopic (exact) mass is 254 g/mol. The summed E-state index contributed by atoms with van der Waals surface area (Å²) in [5, 5.41) is 2.70. The maximum absolute atomic E-state index is 13.0. The molecule has 2 amide bonds. The van der Waals surface area contributed by atoms with Gasteiger partial charge in [0.05, 0.1) is 26.0 Å². The summed E-state index contributed by atoms with van der Waals surface area (Å²) >= 11 is 0. The highest BCUT2D eigenvalue weighted by atomic mass is 19.1. The summed E-state index contributed by atoms with van der Waals surface area (Å²) in [4.78, 5) is 13.6. The normalized spacial score (nSPS) is 15.3. The van der Waals surface area contributed by atoms with Gasteiger partial charge in [0.2, 0.25) is 0 Å². The molecule has 1 N–H and O–H groups in total. The number of amides is 2. The summed E-state index contributed by atoms with van der Waals surface area (Å²) in [6.07, 6.45) is 0. The second kappa shape index (κ2) is 5.68. The maximum atomic E-state index is 13.0. The van der Waals surface area contributed by atoms with Crippen LogP contribution in [0.5, 0.6) is 5.75 Å². The Bertz CT molecular complexity index is 433. The van der Waals surface area contributed by atoms with Crippen LogP contribution < -0.4 is 10.1 Å². The number of nitrogens with zero attached hydrogens (tertiary/aromatic N) is 1. The molecule has 6 heteroatoms. The molecule has 1 fully saturated rings. The van der Waals surface area contributed by atoms with Crippen LogP contribution in [0.15, 0.2) is 18.2 Å². The first-order valence-corrected chi connectivity index (χ1v) is 5.68. The molecule has 2 rings (SSSR count). The molecule has 1 heterocycles. The lowest BCUT2D eigenvalue weighted by atomic mass is 10.3. The van der Waals surface area contributed by atoms with Crippen molar-refractivity contribution in [3.63, 3.8) is 0 Å². The van der Waals surface area contributed by atoms with Gasteiger partial charge in [-0.05, 0) is 12.1 Å². The number of carbonyl (C=O) groups is 1. The molecular formula is C12H15FN2O3. The van der Waals surface area contributed by atoms with Crippen molar-refractivity contribution >= 4 is 11.7 Å². The molecule has 1 aliphatic rings. The van der Waals surface area contributed by atoms with Gasteiger partial charge in [-0.15, -0.1) is 0 Å². The van der Waals surface area contributed by atoms with Crippen molar-refractivity contribution in [3.05, 3.63) is 24.0 Å². The smallest absolute Gasteiger partial charge is 0.322 e. The van der Waals surface area contributed by atoms with Gasteiger partial charge in [-0.2, -0.15) is 0 Å². The van der Waals surface area contributed by atoms with E-state index in [0.717, 1.165) is 0 Å². The van der Waals surface area contributed by atoms with Crippen LogP contribution in [0.25, 0.3) is 0 Å². The van der Waals surface area contributed by atoms with Gasteiger partial charge < -0.3 is 19.7 Å². The molecule has 0 unspecified atom stereocenters. The number of hydrogen-bond acceptors (Lipinski definition) is 3. The molecule has 0 bridgehead atoms. The largest absolute Gasteiger partial charge is 0.494 e. The van der Waals surface area contributed by atoms with E-state index in [1.54, 1.807) is 4.90 Å². The van der Waals surface area contributed by atoms with Crippen LogP contribution in [-0.4, -0.2) is 44.3 Å². The lowest BCUT2D eigenvalue weighted by Gasteiger charge is -2.27. The van der Waals surface area contributed by atoms with Crippen LogP contribution in [-0.2, 0) is 4.74 Å². The minimum absolute atomic E-state index is 0.233. The Morgan fingerprint density at radius 3 is 2.83 bits per heavy atom. The first-order valence-electron chi connectivity index (χ1n) is 5.68. The molecular weight excluding hydrogens is 239 g/mol. The number of carbonyl (C=O) groups excluding carboxylic acids is 1. The summed E-state index contributed by atoms with van der Waals surface area (Å²) in [5.41, 5.74) is 0.454. The van der Waals surface area contributed by atoms with Crippen LogP contribution in [0.4, 0.5) is 14.9 Å². The molecule has 18 heavy (non-hydrogen) atoms. The van der Waals surface area contributed by atoms with Crippen molar-refractivity contribution in [1.29, 1.82) is 0 Å². The van der Waals surface area contributed by atoms with Gasteiger partial charge in [0, 0.05) is 19.2 Å². The zero-order valence-electron chi connectivity index (χ0n) is 10.1. The lowest BCUT2D eigenvalue weighted by Crippen LogP contribution is -2.43. The van der Waals surface area contributed by atoms with Gasteiger partial charge in [0.25, 0.3) is 0 Å². The SMILES string of the molecule is COc1cc(F)ccc1NC(=O)N1CCOCC1. The van der Waals surface area contributed by atoms with E-state index in [2.05, 4.69) is 5.32 Å².